The third-order valence-corrected chi connectivity index (χ3v) is 2.11. The third kappa shape index (κ3) is 6.37. The molecule has 0 saturated heterocycles. The summed E-state index contributed by atoms with van der Waals surface area (Å²) in [6, 6.07) is -1.55. The molecule has 0 heterocycles. The summed E-state index contributed by atoms with van der Waals surface area (Å²) in [7, 11) is 0. The number of amides is 2. The highest BCUT2D eigenvalue weighted by molar-refractivity contribution is 5.85. The van der Waals surface area contributed by atoms with Crippen LogP contribution in [-0.4, -0.2) is 51.4 Å². The monoisotopic (exact) mass is 290 g/mol. The molecule has 0 aliphatic rings. The van der Waals surface area contributed by atoms with Crippen LogP contribution in [0.1, 0.15) is 40.5 Å². The van der Waals surface area contributed by atoms with Gasteiger partial charge in [-0.3, -0.25) is 4.79 Å². The van der Waals surface area contributed by atoms with E-state index in [9.17, 15) is 14.4 Å². The highest BCUT2D eigenvalue weighted by Crippen LogP contribution is 2.08. The van der Waals surface area contributed by atoms with Crippen LogP contribution in [0.3, 0.4) is 0 Å². The van der Waals surface area contributed by atoms with E-state index >= 15 is 0 Å². The lowest BCUT2D eigenvalue weighted by Gasteiger charge is -2.29. The van der Waals surface area contributed by atoms with E-state index in [1.807, 2.05) is 0 Å². The summed E-state index contributed by atoms with van der Waals surface area (Å²) in [4.78, 5) is 34.5. The average molecular weight is 290 g/mol. The molecular formula is C12H22N2O6. The maximum atomic E-state index is 11.8. The van der Waals surface area contributed by atoms with Gasteiger partial charge in [0.1, 0.15) is 5.60 Å². The summed E-state index contributed by atoms with van der Waals surface area (Å²) >= 11 is 0. The quantitative estimate of drug-likeness (QED) is 0.635. The van der Waals surface area contributed by atoms with Crippen LogP contribution in [0.2, 0.25) is 0 Å². The van der Waals surface area contributed by atoms with Crippen molar-refractivity contribution in [2.24, 2.45) is 0 Å². The lowest BCUT2D eigenvalue weighted by atomic mass is 10.2. The molecule has 1 atom stereocenters. The maximum Gasteiger partial charge on any atom is 0.426 e. The molecule has 8 nitrogen and oxygen atoms in total. The van der Waals surface area contributed by atoms with Crippen LogP contribution in [0.15, 0.2) is 0 Å². The van der Waals surface area contributed by atoms with Crippen LogP contribution in [0, 0.1) is 0 Å². The number of rotatable bonds is 5. The zero-order valence-electron chi connectivity index (χ0n) is 12.2. The first-order valence-corrected chi connectivity index (χ1v) is 6.27. The molecule has 0 aliphatic carbocycles. The fraction of sp³-hybridized carbons (Fsp3) is 0.750. The van der Waals surface area contributed by atoms with E-state index in [1.54, 1.807) is 27.7 Å². The summed E-state index contributed by atoms with van der Waals surface area (Å²) in [5.74, 6) is -2.03. The van der Waals surface area contributed by atoms with Crippen LogP contribution in [0.25, 0.3) is 0 Å². The predicted molar refractivity (Wildman–Crippen MR) is 69.6 cm³/mol. The Labute approximate surface area is 117 Å². The van der Waals surface area contributed by atoms with Gasteiger partial charge in [-0.25, -0.2) is 20.0 Å². The standard InChI is InChI=1S/C12H22N2O6/c1-5-6-9(16)14(8(7-15)10(17)18)13-11(19)20-12(2,3)4/h8,15H,5-7H2,1-4H3,(H,13,19)(H,17,18)/t8-/m0/s1. The first-order chi connectivity index (χ1) is 9.12. The van der Waals surface area contributed by atoms with E-state index in [-0.39, 0.29) is 6.42 Å². The third-order valence-electron chi connectivity index (χ3n) is 2.11. The molecule has 0 radical (unpaired) electrons. The number of aliphatic hydroxyl groups excluding tert-OH is 1. The molecule has 116 valence electrons. The van der Waals surface area contributed by atoms with E-state index in [0.717, 1.165) is 0 Å². The lowest BCUT2D eigenvalue weighted by Crippen LogP contribution is -2.57. The number of carbonyl (C=O) groups is 3. The van der Waals surface area contributed by atoms with Crippen molar-refractivity contribution in [3.05, 3.63) is 0 Å². The van der Waals surface area contributed by atoms with Gasteiger partial charge in [-0.15, -0.1) is 0 Å². The highest BCUT2D eigenvalue weighted by atomic mass is 16.6. The Morgan fingerprint density at radius 1 is 1.30 bits per heavy atom. The summed E-state index contributed by atoms with van der Waals surface area (Å²) in [5, 5.41) is 18.6. The predicted octanol–water partition coefficient (Wildman–Crippen LogP) is 0.500. The zero-order valence-corrected chi connectivity index (χ0v) is 12.2. The summed E-state index contributed by atoms with van der Waals surface area (Å²) in [6.45, 7) is 5.81. The van der Waals surface area contributed by atoms with E-state index in [0.29, 0.717) is 11.4 Å². The first kappa shape index (κ1) is 18.2. The fourth-order valence-corrected chi connectivity index (χ4v) is 1.32. The summed E-state index contributed by atoms with van der Waals surface area (Å²) in [6.07, 6.45) is -0.440. The van der Waals surface area contributed by atoms with Gasteiger partial charge in [-0.2, -0.15) is 0 Å². The number of nitrogens with one attached hydrogen (secondary N) is 1. The largest absolute Gasteiger partial charge is 0.480 e. The lowest BCUT2D eigenvalue weighted by molar-refractivity contribution is -0.155. The van der Waals surface area contributed by atoms with Gasteiger partial charge in [-0.1, -0.05) is 6.92 Å². The Hall–Kier alpha value is -1.83. The molecule has 0 spiro atoms. The van der Waals surface area contributed by atoms with Crippen LogP contribution < -0.4 is 5.43 Å². The molecule has 0 aromatic rings. The number of ether oxygens (including phenoxy) is 1. The van der Waals surface area contributed by atoms with Gasteiger partial charge in [0.25, 0.3) is 0 Å². The van der Waals surface area contributed by atoms with Crippen molar-refractivity contribution in [3.8, 4) is 0 Å². The highest BCUT2D eigenvalue weighted by Gasteiger charge is 2.31. The number of hydrazine groups is 1. The minimum atomic E-state index is -1.55. The zero-order chi connectivity index (χ0) is 15.9. The number of hydrogen-bond donors (Lipinski definition) is 3. The molecule has 8 heteroatoms. The van der Waals surface area contributed by atoms with Crippen molar-refractivity contribution in [2.75, 3.05) is 6.61 Å². The average Bonchev–Trinajstić information content (AvgIpc) is 2.25. The van der Waals surface area contributed by atoms with Crippen molar-refractivity contribution in [3.63, 3.8) is 0 Å². The second-order valence-electron chi connectivity index (χ2n) is 5.16. The topological polar surface area (TPSA) is 116 Å². The Balaban J connectivity index is 4.99. The van der Waals surface area contributed by atoms with Crippen LogP contribution in [-0.2, 0) is 14.3 Å². The van der Waals surface area contributed by atoms with Crippen molar-refractivity contribution >= 4 is 18.0 Å². The second-order valence-corrected chi connectivity index (χ2v) is 5.16. The van der Waals surface area contributed by atoms with Crippen LogP contribution in [0.4, 0.5) is 4.79 Å². The molecular weight excluding hydrogens is 268 g/mol. The molecule has 0 aromatic heterocycles. The van der Waals surface area contributed by atoms with Gasteiger partial charge >= 0.3 is 12.1 Å². The number of hydrogen-bond acceptors (Lipinski definition) is 5. The molecule has 0 unspecified atom stereocenters. The van der Waals surface area contributed by atoms with E-state index in [2.05, 4.69) is 5.43 Å². The van der Waals surface area contributed by atoms with Gasteiger partial charge in [0.2, 0.25) is 5.91 Å². The molecule has 2 amide bonds. The first-order valence-electron chi connectivity index (χ1n) is 6.27. The number of aliphatic carboxylic acids is 1. The van der Waals surface area contributed by atoms with Gasteiger partial charge in [0.15, 0.2) is 6.04 Å². The molecule has 0 saturated carbocycles. The van der Waals surface area contributed by atoms with Crippen LogP contribution in [0.5, 0.6) is 0 Å². The minimum Gasteiger partial charge on any atom is -0.480 e. The number of aliphatic hydroxyl groups is 1. The van der Waals surface area contributed by atoms with Crippen LogP contribution >= 0.6 is 0 Å². The second kappa shape index (κ2) is 7.68. The Morgan fingerprint density at radius 2 is 1.85 bits per heavy atom. The fourth-order valence-electron chi connectivity index (χ4n) is 1.32. The molecule has 0 fully saturated rings. The van der Waals surface area contributed by atoms with E-state index in [1.165, 1.54) is 0 Å². The molecule has 3 N–H and O–H groups in total. The Morgan fingerprint density at radius 3 is 2.20 bits per heavy atom. The maximum absolute atomic E-state index is 11.8. The Bertz CT molecular complexity index is 363. The Kier molecular flexibility index (Phi) is 6.98. The summed E-state index contributed by atoms with van der Waals surface area (Å²) < 4.78 is 4.95. The number of carboxylic acids is 1. The van der Waals surface area contributed by atoms with E-state index < -0.39 is 36.2 Å². The van der Waals surface area contributed by atoms with Crippen molar-refractivity contribution in [1.82, 2.24) is 10.4 Å². The number of carbonyl (C=O) groups excluding carboxylic acids is 2. The van der Waals surface area contributed by atoms with Gasteiger partial charge in [0.05, 0.1) is 6.61 Å². The van der Waals surface area contributed by atoms with Crippen molar-refractivity contribution < 1.29 is 29.3 Å². The SMILES string of the molecule is CCCC(=O)N(NC(=O)OC(C)(C)C)[C@@H](CO)C(=O)O. The van der Waals surface area contributed by atoms with Gasteiger partial charge in [0, 0.05) is 6.42 Å². The molecule has 20 heavy (non-hydrogen) atoms. The normalized spacial score (nSPS) is 12.4. The van der Waals surface area contributed by atoms with Gasteiger partial charge < -0.3 is 14.9 Å². The molecule has 0 aromatic carbocycles. The molecule has 0 bridgehead atoms. The summed E-state index contributed by atoms with van der Waals surface area (Å²) in [5.41, 5.74) is 1.28. The number of carboxylic acid groups (broad SMARTS) is 1. The molecule has 0 aliphatic heterocycles. The van der Waals surface area contributed by atoms with Crippen molar-refractivity contribution in [2.45, 2.75) is 52.2 Å². The van der Waals surface area contributed by atoms with E-state index in [4.69, 9.17) is 14.9 Å². The molecule has 0 rings (SSSR count). The van der Waals surface area contributed by atoms with Gasteiger partial charge in [-0.05, 0) is 27.2 Å². The number of nitrogens with zero attached hydrogens (tertiary/aromatic N) is 1. The smallest absolute Gasteiger partial charge is 0.426 e. The minimum absolute atomic E-state index is 0.0412. The van der Waals surface area contributed by atoms with Crippen molar-refractivity contribution in [1.29, 1.82) is 0 Å².